The predicted molar refractivity (Wildman–Crippen MR) is 128 cm³/mol. The van der Waals surface area contributed by atoms with E-state index in [1.165, 1.54) is 0 Å². The Labute approximate surface area is 198 Å². The molecule has 34 heavy (non-hydrogen) atoms. The van der Waals surface area contributed by atoms with Crippen molar-refractivity contribution >= 4 is 17.6 Å². The lowest BCUT2D eigenvalue weighted by Crippen LogP contribution is -2.73. The molecule has 2 fully saturated rings. The fraction of sp³-hybridized carbons (Fsp3) is 0.222. The minimum absolute atomic E-state index is 0.00125. The van der Waals surface area contributed by atoms with E-state index in [0.29, 0.717) is 12.2 Å². The molecule has 0 spiro atoms. The van der Waals surface area contributed by atoms with Crippen LogP contribution in [0.4, 0.5) is 10.5 Å². The molecular weight excluding hydrogens is 428 g/mol. The van der Waals surface area contributed by atoms with E-state index < -0.39 is 0 Å². The first kappa shape index (κ1) is 21.7. The van der Waals surface area contributed by atoms with Crippen LogP contribution in [-0.2, 0) is 4.79 Å². The van der Waals surface area contributed by atoms with E-state index in [2.05, 4.69) is 22.1 Å². The number of anilines is 1. The average Bonchev–Trinajstić information content (AvgIpc) is 2.86. The van der Waals surface area contributed by atoms with Crippen LogP contribution in [0.1, 0.15) is 22.6 Å². The van der Waals surface area contributed by atoms with Crippen LogP contribution in [0.2, 0.25) is 0 Å². The number of urea groups is 1. The van der Waals surface area contributed by atoms with Gasteiger partial charge in [-0.05, 0) is 42.0 Å². The second kappa shape index (κ2) is 9.38. The number of hydrogen-bond acceptors (Lipinski definition) is 4. The zero-order valence-corrected chi connectivity index (χ0v) is 18.5. The number of pyridine rings is 1. The van der Waals surface area contributed by atoms with Crippen molar-refractivity contribution < 1.29 is 14.7 Å². The number of aromatic nitrogens is 1. The summed E-state index contributed by atoms with van der Waals surface area (Å²) in [6.45, 7) is 0.293. The normalized spacial score (nSPS) is 21.1. The van der Waals surface area contributed by atoms with E-state index in [0.717, 1.165) is 16.7 Å². The summed E-state index contributed by atoms with van der Waals surface area (Å²) >= 11 is 0. The number of carbonyl (C=O) groups excluding carboxylic acids is 2. The number of aliphatic hydroxyl groups is 1. The zero-order chi connectivity index (χ0) is 23.5. The molecule has 7 nitrogen and oxygen atoms in total. The van der Waals surface area contributed by atoms with Crippen LogP contribution in [0.3, 0.4) is 0 Å². The van der Waals surface area contributed by atoms with Crippen molar-refractivity contribution in [3.8, 4) is 11.8 Å². The molecule has 0 aliphatic carbocycles. The summed E-state index contributed by atoms with van der Waals surface area (Å²) in [5.41, 5.74) is 3.41. The number of nitrogens with one attached hydrogen (secondary N) is 1. The monoisotopic (exact) mass is 452 g/mol. The molecule has 2 N–H and O–H groups in total. The minimum atomic E-state index is -0.300. The number of benzene rings is 2. The first-order chi connectivity index (χ1) is 16.6. The van der Waals surface area contributed by atoms with Gasteiger partial charge in [0.15, 0.2) is 0 Å². The average molecular weight is 453 g/mol. The van der Waals surface area contributed by atoms with Gasteiger partial charge in [0.2, 0.25) is 5.91 Å². The molecule has 0 saturated carbocycles. The first-order valence-corrected chi connectivity index (χ1v) is 11.2. The summed E-state index contributed by atoms with van der Waals surface area (Å²) in [6, 6.07) is 20.0. The van der Waals surface area contributed by atoms with E-state index in [9.17, 15) is 14.7 Å². The SMILES string of the molecule is O=C(Nc1ccccc1)N1CC(=O)N2[C@H](CO)[C@H](c3ccc(C#Cc4cccnc4)cc3)[C@H]2C1. The molecule has 5 rings (SSSR count). The van der Waals surface area contributed by atoms with Gasteiger partial charge in [-0.15, -0.1) is 0 Å². The third-order valence-corrected chi connectivity index (χ3v) is 6.37. The van der Waals surface area contributed by atoms with Gasteiger partial charge in [0, 0.05) is 41.7 Å². The van der Waals surface area contributed by atoms with Gasteiger partial charge in [-0.3, -0.25) is 9.78 Å². The maximum atomic E-state index is 12.8. The predicted octanol–water partition coefficient (Wildman–Crippen LogP) is 2.68. The van der Waals surface area contributed by atoms with Crippen LogP contribution >= 0.6 is 0 Å². The Kier molecular flexibility index (Phi) is 5.98. The molecule has 0 unspecified atom stereocenters. The number of rotatable bonds is 3. The number of aliphatic hydroxyl groups excluding tert-OH is 1. The highest BCUT2D eigenvalue weighted by molar-refractivity contribution is 5.93. The van der Waals surface area contributed by atoms with E-state index in [1.54, 1.807) is 22.2 Å². The second-order valence-corrected chi connectivity index (χ2v) is 8.43. The molecule has 7 heteroatoms. The summed E-state index contributed by atoms with van der Waals surface area (Å²) in [6.07, 6.45) is 3.43. The molecule has 2 aliphatic heterocycles. The van der Waals surface area contributed by atoms with Crippen LogP contribution in [0, 0.1) is 11.8 Å². The zero-order valence-electron chi connectivity index (χ0n) is 18.5. The fourth-order valence-corrected chi connectivity index (χ4v) is 4.75. The fourth-order valence-electron chi connectivity index (χ4n) is 4.75. The summed E-state index contributed by atoms with van der Waals surface area (Å²) in [5, 5.41) is 12.8. The van der Waals surface area contributed by atoms with Crippen molar-refractivity contribution in [3.05, 3.63) is 95.8 Å². The maximum Gasteiger partial charge on any atom is 0.322 e. The van der Waals surface area contributed by atoms with Gasteiger partial charge in [-0.2, -0.15) is 0 Å². The third-order valence-electron chi connectivity index (χ3n) is 6.37. The van der Waals surface area contributed by atoms with E-state index >= 15 is 0 Å². The van der Waals surface area contributed by atoms with Gasteiger partial charge in [-0.1, -0.05) is 42.2 Å². The van der Waals surface area contributed by atoms with Crippen molar-refractivity contribution in [2.75, 3.05) is 25.0 Å². The standard InChI is InChI=1S/C27H24N4O3/c32-18-24-26(21-12-10-19(11-13-21)8-9-20-5-4-14-28-15-20)23-16-30(17-25(33)31(23)24)27(34)29-22-6-2-1-3-7-22/h1-7,10-15,23-24,26,32H,16-18H2,(H,29,34)/t23-,24-,26-/m1/s1. The summed E-state index contributed by atoms with van der Waals surface area (Å²) in [5.74, 6) is 6.02. The summed E-state index contributed by atoms with van der Waals surface area (Å²) < 4.78 is 0. The number of nitrogens with zero attached hydrogens (tertiary/aromatic N) is 3. The van der Waals surface area contributed by atoms with Gasteiger partial charge in [-0.25, -0.2) is 4.79 Å². The molecule has 3 aromatic rings. The molecule has 1 aromatic heterocycles. The second-order valence-electron chi connectivity index (χ2n) is 8.43. The van der Waals surface area contributed by atoms with Crippen LogP contribution < -0.4 is 5.32 Å². The summed E-state index contributed by atoms with van der Waals surface area (Å²) in [7, 11) is 0. The van der Waals surface area contributed by atoms with Gasteiger partial charge in [0.05, 0.1) is 18.7 Å². The van der Waals surface area contributed by atoms with Gasteiger partial charge in [0.25, 0.3) is 0 Å². The smallest absolute Gasteiger partial charge is 0.322 e. The van der Waals surface area contributed by atoms with Crippen molar-refractivity contribution in [1.29, 1.82) is 0 Å². The highest BCUT2D eigenvalue weighted by Gasteiger charge is 2.54. The Bertz CT molecular complexity index is 1240. The van der Waals surface area contributed by atoms with Crippen LogP contribution in [0.15, 0.2) is 79.1 Å². The van der Waals surface area contributed by atoms with E-state index in [1.807, 2.05) is 66.7 Å². The highest BCUT2D eigenvalue weighted by Crippen LogP contribution is 2.43. The molecule has 0 radical (unpaired) electrons. The number of para-hydroxylation sites is 1. The molecule has 0 bridgehead atoms. The molecule has 2 aliphatic rings. The Morgan fingerprint density at radius 2 is 1.79 bits per heavy atom. The minimum Gasteiger partial charge on any atom is -0.394 e. The molecule has 3 heterocycles. The van der Waals surface area contributed by atoms with Crippen LogP contribution in [0.25, 0.3) is 0 Å². The molecule has 2 saturated heterocycles. The lowest BCUT2D eigenvalue weighted by atomic mass is 9.73. The Hall–Kier alpha value is -4.15. The highest BCUT2D eigenvalue weighted by atomic mass is 16.3. The first-order valence-electron chi connectivity index (χ1n) is 11.2. The Morgan fingerprint density at radius 1 is 1.03 bits per heavy atom. The van der Waals surface area contributed by atoms with E-state index in [4.69, 9.17) is 0 Å². The Balaban J connectivity index is 1.31. The molecule has 2 aromatic carbocycles. The van der Waals surface area contributed by atoms with E-state index in [-0.39, 0.29) is 43.1 Å². The van der Waals surface area contributed by atoms with Crippen molar-refractivity contribution in [1.82, 2.24) is 14.8 Å². The lowest BCUT2D eigenvalue weighted by molar-refractivity contribution is -0.159. The molecule has 170 valence electrons. The topological polar surface area (TPSA) is 85.8 Å². The molecular formula is C27H24N4O3. The van der Waals surface area contributed by atoms with Crippen molar-refractivity contribution in [2.24, 2.45) is 0 Å². The van der Waals surface area contributed by atoms with Gasteiger partial charge >= 0.3 is 6.03 Å². The number of hydrogen-bond donors (Lipinski definition) is 2. The number of piperazine rings is 1. The maximum absolute atomic E-state index is 12.8. The lowest BCUT2D eigenvalue weighted by Gasteiger charge is -2.58. The summed E-state index contributed by atoms with van der Waals surface area (Å²) in [4.78, 5) is 32.9. The number of carbonyl (C=O) groups is 2. The van der Waals surface area contributed by atoms with Crippen LogP contribution in [0.5, 0.6) is 0 Å². The third kappa shape index (κ3) is 4.24. The number of amides is 3. The quantitative estimate of drug-likeness (QED) is 0.599. The Morgan fingerprint density at radius 3 is 2.50 bits per heavy atom. The largest absolute Gasteiger partial charge is 0.394 e. The number of fused-ring (bicyclic) bond motifs is 1. The van der Waals surface area contributed by atoms with Gasteiger partial charge < -0.3 is 20.2 Å². The van der Waals surface area contributed by atoms with Gasteiger partial charge in [0.1, 0.15) is 6.54 Å². The molecule has 3 amide bonds. The van der Waals surface area contributed by atoms with Crippen molar-refractivity contribution in [2.45, 2.75) is 18.0 Å². The van der Waals surface area contributed by atoms with Crippen LogP contribution in [-0.4, -0.2) is 63.6 Å². The van der Waals surface area contributed by atoms with Crippen molar-refractivity contribution in [3.63, 3.8) is 0 Å². The molecule has 3 atom stereocenters.